The second kappa shape index (κ2) is 7.10. The van der Waals surface area contributed by atoms with Crippen LogP contribution < -0.4 is 5.73 Å². The maximum Gasteiger partial charge on any atom is 0.405 e. The van der Waals surface area contributed by atoms with E-state index in [0.29, 0.717) is 12.0 Å². The van der Waals surface area contributed by atoms with Gasteiger partial charge in [0.15, 0.2) is 0 Å². The van der Waals surface area contributed by atoms with E-state index in [1.54, 1.807) is 0 Å². The summed E-state index contributed by atoms with van der Waals surface area (Å²) in [6.45, 7) is 6.17. The SMILES string of the molecule is CCCCc1ccc(-c2cc3c(cc2F)[C@H](OC(N)=O)C(C)(C)C3)cc1. The molecule has 0 aliphatic heterocycles. The molecule has 0 saturated carbocycles. The maximum atomic E-state index is 14.8. The van der Waals surface area contributed by atoms with Gasteiger partial charge in [-0.1, -0.05) is 51.5 Å². The van der Waals surface area contributed by atoms with Crippen molar-refractivity contribution in [1.82, 2.24) is 0 Å². The average molecular weight is 355 g/mol. The second-order valence-electron chi connectivity index (χ2n) is 7.81. The van der Waals surface area contributed by atoms with Crippen molar-refractivity contribution in [1.29, 1.82) is 0 Å². The molecule has 3 nitrogen and oxygen atoms in total. The molecule has 0 aromatic heterocycles. The molecule has 1 aliphatic rings. The van der Waals surface area contributed by atoms with Crippen molar-refractivity contribution in [3.05, 3.63) is 58.9 Å². The molecule has 0 fully saturated rings. The molecule has 0 unspecified atom stereocenters. The van der Waals surface area contributed by atoms with Crippen molar-refractivity contribution in [3.63, 3.8) is 0 Å². The van der Waals surface area contributed by atoms with E-state index in [0.717, 1.165) is 36.0 Å². The van der Waals surface area contributed by atoms with Crippen LogP contribution in [0, 0.1) is 11.2 Å². The molecule has 4 heteroatoms. The molecule has 0 heterocycles. The molecule has 0 saturated heterocycles. The first-order chi connectivity index (χ1) is 12.3. The van der Waals surface area contributed by atoms with Gasteiger partial charge in [0.05, 0.1) is 0 Å². The van der Waals surface area contributed by atoms with Crippen LogP contribution in [-0.2, 0) is 17.6 Å². The number of ether oxygens (including phenoxy) is 1. The van der Waals surface area contributed by atoms with E-state index in [1.807, 2.05) is 32.0 Å². The third-order valence-electron chi connectivity index (χ3n) is 5.19. The molecular weight excluding hydrogens is 329 g/mol. The van der Waals surface area contributed by atoms with Crippen LogP contribution in [0.15, 0.2) is 36.4 Å². The highest BCUT2D eigenvalue weighted by molar-refractivity contribution is 5.68. The number of carbonyl (C=O) groups excluding carboxylic acids is 1. The van der Waals surface area contributed by atoms with Crippen LogP contribution in [-0.4, -0.2) is 6.09 Å². The summed E-state index contributed by atoms with van der Waals surface area (Å²) in [6, 6.07) is 11.5. The monoisotopic (exact) mass is 355 g/mol. The first-order valence-electron chi connectivity index (χ1n) is 9.19. The minimum absolute atomic E-state index is 0.305. The number of rotatable bonds is 5. The summed E-state index contributed by atoms with van der Waals surface area (Å²) < 4.78 is 20.1. The van der Waals surface area contributed by atoms with Crippen LogP contribution in [0.3, 0.4) is 0 Å². The van der Waals surface area contributed by atoms with Crippen molar-refractivity contribution in [2.24, 2.45) is 11.1 Å². The van der Waals surface area contributed by atoms with E-state index in [2.05, 4.69) is 19.1 Å². The zero-order chi connectivity index (χ0) is 18.9. The highest BCUT2D eigenvalue weighted by Gasteiger charge is 2.42. The predicted octanol–water partition coefficient (Wildman–Crippen LogP) is 5.55. The van der Waals surface area contributed by atoms with Crippen LogP contribution in [0.2, 0.25) is 0 Å². The fourth-order valence-electron chi connectivity index (χ4n) is 3.83. The molecule has 0 bridgehead atoms. The highest BCUT2D eigenvalue weighted by Crippen LogP contribution is 2.48. The summed E-state index contributed by atoms with van der Waals surface area (Å²) in [5.74, 6) is -0.305. The standard InChI is InChI=1S/C22H26FNO2/c1-4-5-6-14-7-9-15(10-8-14)17-11-16-13-22(2,3)20(26-21(24)25)18(16)12-19(17)23/h7-12,20H,4-6,13H2,1-3H3,(H2,24,25)/t20-/m0/s1. The Hall–Kier alpha value is -2.36. The van der Waals surface area contributed by atoms with Crippen LogP contribution >= 0.6 is 0 Å². The van der Waals surface area contributed by atoms with E-state index in [-0.39, 0.29) is 11.2 Å². The molecule has 138 valence electrons. The number of nitrogens with two attached hydrogens (primary N) is 1. The lowest BCUT2D eigenvalue weighted by atomic mass is 9.87. The topological polar surface area (TPSA) is 52.3 Å². The van der Waals surface area contributed by atoms with Crippen molar-refractivity contribution in [3.8, 4) is 11.1 Å². The van der Waals surface area contributed by atoms with Gasteiger partial charge in [-0.3, -0.25) is 0 Å². The number of amides is 1. The Labute approximate surface area is 154 Å². The Morgan fingerprint density at radius 1 is 1.27 bits per heavy atom. The molecule has 2 N–H and O–H groups in total. The number of hydrogen-bond acceptors (Lipinski definition) is 2. The van der Waals surface area contributed by atoms with Gasteiger partial charge < -0.3 is 10.5 Å². The Morgan fingerprint density at radius 2 is 1.96 bits per heavy atom. The van der Waals surface area contributed by atoms with Crippen molar-refractivity contribution >= 4 is 6.09 Å². The van der Waals surface area contributed by atoms with Crippen LogP contribution in [0.5, 0.6) is 0 Å². The molecule has 26 heavy (non-hydrogen) atoms. The van der Waals surface area contributed by atoms with E-state index in [4.69, 9.17) is 10.5 Å². The Morgan fingerprint density at radius 3 is 2.58 bits per heavy atom. The molecule has 1 aliphatic carbocycles. The summed E-state index contributed by atoms with van der Waals surface area (Å²) >= 11 is 0. The summed E-state index contributed by atoms with van der Waals surface area (Å²) in [4.78, 5) is 11.2. The third kappa shape index (κ3) is 3.59. The van der Waals surface area contributed by atoms with Gasteiger partial charge in [0, 0.05) is 11.0 Å². The van der Waals surface area contributed by atoms with Gasteiger partial charge in [-0.15, -0.1) is 0 Å². The summed E-state index contributed by atoms with van der Waals surface area (Å²) in [5.41, 5.74) is 9.33. The molecule has 0 radical (unpaired) electrons. The zero-order valence-corrected chi connectivity index (χ0v) is 15.6. The summed E-state index contributed by atoms with van der Waals surface area (Å²) in [7, 11) is 0. The number of primary amides is 1. The number of carbonyl (C=O) groups is 1. The Kier molecular flexibility index (Phi) is 5.03. The minimum Gasteiger partial charge on any atom is -0.441 e. The number of unbranched alkanes of at least 4 members (excludes halogenated alkanes) is 1. The quantitative estimate of drug-likeness (QED) is 0.764. The maximum absolute atomic E-state index is 14.8. The van der Waals surface area contributed by atoms with Crippen LogP contribution in [0.4, 0.5) is 9.18 Å². The number of hydrogen-bond donors (Lipinski definition) is 1. The molecule has 2 aromatic carbocycles. The lowest BCUT2D eigenvalue weighted by Gasteiger charge is -2.26. The lowest BCUT2D eigenvalue weighted by molar-refractivity contribution is 0.0391. The number of aryl methyl sites for hydroxylation is 1. The van der Waals surface area contributed by atoms with Crippen molar-refractivity contribution in [2.45, 2.75) is 52.6 Å². The van der Waals surface area contributed by atoms with Crippen LogP contribution in [0.1, 0.15) is 56.4 Å². The van der Waals surface area contributed by atoms with Gasteiger partial charge in [-0.2, -0.15) is 0 Å². The minimum atomic E-state index is -0.830. The summed E-state index contributed by atoms with van der Waals surface area (Å²) in [5, 5.41) is 0. The fraction of sp³-hybridized carbons (Fsp3) is 0.409. The van der Waals surface area contributed by atoms with E-state index in [9.17, 15) is 9.18 Å². The number of halogens is 1. The molecule has 2 aromatic rings. The smallest absolute Gasteiger partial charge is 0.405 e. The van der Waals surface area contributed by atoms with Gasteiger partial charge >= 0.3 is 6.09 Å². The van der Waals surface area contributed by atoms with Gasteiger partial charge in [0.2, 0.25) is 0 Å². The summed E-state index contributed by atoms with van der Waals surface area (Å²) in [6.07, 6.45) is 2.72. The first-order valence-corrected chi connectivity index (χ1v) is 9.19. The second-order valence-corrected chi connectivity index (χ2v) is 7.81. The van der Waals surface area contributed by atoms with Gasteiger partial charge in [0.1, 0.15) is 11.9 Å². The van der Waals surface area contributed by atoms with Gasteiger partial charge in [-0.25, -0.2) is 9.18 Å². The first kappa shape index (κ1) is 18.4. The lowest BCUT2D eigenvalue weighted by Crippen LogP contribution is -2.25. The van der Waals surface area contributed by atoms with Crippen molar-refractivity contribution in [2.75, 3.05) is 0 Å². The molecular formula is C22H26FNO2. The fourth-order valence-corrected chi connectivity index (χ4v) is 3.83. The third-order valence-corrected chi connectivity index (χ3v) is 5.19. The van der Waals surface area contributed by atoms with Gasteiger partial charge in [-0.05, 0) is 53.6 Å². The van der Waals surface area contributed by atoms with E-state index >= 15 is 0 Å². The van der Waals surface area contributed by atoms with E-state index in [1.165, 1.54) is 11.6 Å². The Balaban J connectivity index is 1.94. The zero-order valence-electron chi connectivity index (χ0n) is 15.6. The molecule has 1 amide bonds. The largest absolute Gasteiger partial charge is 0.441 e. The highest BCUT2D eigenvalue weighted by atomic mass is 19.1. The Bertz CT molecular complexity index is 812. The average Bonchev–Trinajstić information content (AvgIpc) is 2.82. The number of fused-ring (bicyclic) bond motifs is 1. The number of benzene rings is 2. The molecule has 1 atom stereocenters. The predicted molar refractivity (Wildman–Crippen MR) is 101 cm³/mol. The van der Waals surface area contributed by atoms with E-state index < -0.39 is 12.2 Å². The molecule has 0 spiro atoms. The van der Waals surface area contributed by atoms with Crippen LogP contribution in [0.25, 0.3) is 11.1 Å². The molecule has 3 rings (SSSR count). The van der Waals surface area contributed by atoms with Crippen molar-refractivity contribution < 1.29 is 13.9 Å². The van der Waals surface area contributed by atoms with Gasteiger partial charge in [0.25, 0.3) is 0 Å². The normalized spacial score (nSPS) is 17.8.